The molecule has 4 nitrogen and oxygen atoms in total. The Morgan fingerprint density at radius 2 is 1.94 bits per heavy atom. The third-order valence-electron chi connectivity index (χ3n) is 2.50. The van der Waals surface area contributed by atoms with Crippen LogP contribution >= 0.6 is 0 Å². The lowest BCUT2D eigenvalue weighted by molar-refractivity contribution is 0.0975. The number of nitrogens with zero attached hydrogens (tertiary/aromatic N) is 2. The van der Waals surface area contributed by atoms with Crippen molar-refractivity contribution in [2.75, 3.05) is 0 Å². The van der Waals surface area contributed by atoms with E-state index in [1.165, 1.54) is 41.2 Å². The number of halogens is 1. The van der Waals surface area contributed by atoms with Crippen LogP contribution in [-0.4, -0.2) is 15.6 Å². The normalized spacial score (nSPS) is 10.3. The molecular weight excluding hydrogens is 235 g/mol. The van der Waals surface area contributed by atoms with Gasteiger partial charge in [0.1, 0.15) is 5.82 Å². The van der Waals surface area contributed by atoms with E-state index in [0.29, 0.717) is 5.56 Å². The van der Waals surface area contributed by atoms with Gasteiger partial charge in [0, 0.05) is 24.2 Å². The van der Waals surface area contributed by atoms with Crippen molar-refractivity contribution in [1.29, 1.82) is 0 Å². The first-order valence-electron chi connectivity index (χ1n) is 5.48. The molecule has 0 aliphatic heterocycles. The van der Waals surface area contributed by atoms with Gasteiger partial charge in [-0.2, -0.15) is 5.10 Å². The summed E-state index contributed by atoms with van der Waals surface area (Å²) in [5.74, 6) is -0.528. The zero-order chi connectivity index (χ0) is 13.0. The van der Waals surface area contributed by atoms with Crippen LogP contribution in [0.25, 0.3) is 0 Å². The molecular formula is C13H11FN2O2. The van der Waals surface area contributed by atoms with Crippen LogP contribution in [0.5, 0.6) is 0 Å². The molecule has 92 valence electrons. The van der Waals surface area contributed by atoms with Crippen molar-refractivity contribution in [1.82, 2.24) is 9.78 Å². The Morgan fingerprint density at radius 1 is 1.22 bits per heavy atom. The van der Waals surface area contributed by atoms with Gasteiger partial charge >= 0.3 is 0 Å². The second-order valence-corrected chi connectivity index (χ2v) is 3.77. The highest BCUT2D eigenvalue weighted by Gasteiger charge is 2.06. The summed E-state index contributed by atoms with van der Waals surface area (Å²) in [6, 6.07) is 8.26. The number of Topliss-reactive ketones (excluding diaryl/α,β-unsaturated/α-hetero) is 1. The maximum Gasteiger partial charge on any atom is 0.266 e. The Hall–Kier alpha value is -2.30. The highest BCUT2D eigenvalue weighted by atomic mass is 19.1. The second kappa shape index (κ2) is 5.35. The minimum Gasteiger partial charge on any atom is -0.294 e. The number of benzene rings is 1. The summed E-state index contributed by atoms with van der Waals surface area (Å²) in [7, 11) is 0. The number of aromatic nitrogens is 2. The van der Waals surface area contributed by atoms with E-state index in [1.54, 1.807) is 6.07 Å². The van der Waals surface area contributed by atoms with Crippen molar-refractivity contribution < 1.29 is 9.18 Å². The maximum atomic E-state index is 12.7. The standard InChI is InChI=1S/C13H11FN2O2/c14-11-5-3-10(4-6-11)12(17)7-9-16-13(18)2-1-8-15-16/h1-6,8H,7,9H2. The predicted octanol–water partition coefficient (Wildman–Crippen LogP) is 1.66. The molecule has 1 aromatic carbocycles. The fraction of sp³-hybridized carbons (Fsp3) is 0.154. The van der Waals surface area contributed by atoms with Crippen molar-refractivity contribution >= 4 is 5.78 Å². The maximum absolute atomic E-state index is 12.7. The molecule has 0 saturated carbocycles. The number of ketones is 1. The molecule has 2 aromatic rings. The third kappa shape index (κ3) is 2.88. The molecule has 0 spiro atoms. The van der Waals surface area contributed by atoms with E-state index in [2.05, 4.69) is 5.10 Å². The smallest absolute Gasteiger partial charge is 0.266 e. The lowest BCUT2D eigenvalue weighted by atomic mass is 10.1. The number of aryl methyl sites for hydroxylation is 1. The Balaban J connectivity index is 2.03. The zero-order valence-corrected chi connectivity index (χ0v) is 9.54. The Kier molecular flexibility index (Phi) is 3.62. The van der Waals surface area contributed by atoms with Gasteiger partial charge in [0.05, 0.1) is 6.54 Å². The summed E-state index contributed by atoms with van der Waals surface area (Å²) in [6.45, 7) is 0.218. The third-order valence-corrected chi connectivity index (χ3v) is 2.50. The molecule has 0 radical (unpaired) electrons. The first kappa shape index (κ1) is 12.2. The van der Waals surface area contributed by atoms with Gasteiger partial charge in [-0.05, 0) is 30.3 Å². The molecule has 0 fully saturated rings. The van der Waals surface area contributed by atoms with Crippen LogP contribution in [0.4, 0.5) is 4.39 Å². The van der Waals surface area contributed by atoms with Crippen LogP contribution in [0.1, 0.15) is 16.8 Å². The average molecular weight is 246 g/mol. The van der Waals surface area contributed by atoms with Crippen molar-refractivity contribution in [2.24, 2.45) is 0 Å². The van der Waals surface area contributed by atoms with Gasteiger partial charge in [0.15, 0.2) is 5.78 Å². The van der Waals surface area contributed by atoms with E-state index >= 15 is 0 Å². The number of hydrogen-bond donors (Lipinski definition) is 0. The molecule has 0 saturated heterocycles. The minimum atomic E-state index is -0.382. The average Bonchev–Trinajstić information content (AvgIpc) is 2.38. The van der Waals surface area contributed by atoms with Crippen molar-refractivity contribution in [3.05, 3.63) is 64.3 Å². The van der Waals surface area contributed by atoms with E-state index < -0.39 is 0 Å². The van der Waals surface area contributed by atoms with Gasteiger partial charge in [-0.15, -0.1) is 0 Å². The number of hydrogen-bond acceptors (Lipinski definition) is 3. The molecule has 1 heterocycles. The molecule has 2 rings (SSSR count). The number of carbonyl (C=O) groups is 1. The highest BCUT2D eigenvalue weighted by molar-refractivity contribution is 5.95. The number of carbonyl (C=O) groups excluding carboxylic acids is 1. The van der Waals surface area contributed by atoms with E-state index in [4.69, 9.17) is 0 Å². The Morgan fingerprint density at radius 3 is 2.61 bits per heavy atom. The molecule has 0 N–H and O–H groups in total. The first-order chi connectivity index (χ1) is 8.66. The molecule has 5 heteroatoms. The molecule has 0 bridgehead atoms. The van der Waals surface area contributed by atoms with Gasteiger partial charge in [0.25, 0.3) is 5.56 Å². The van der Waals surface area contributed by atoms with E-state index in [0.717, 1.165) is 0 Å². The fourth-order valence-corrected chi connectivity index (χ4v) is 1.54. The zero-order valence-electron chi connectivity index (χ0n) is 9.54. The second-order valence-electron chi connectivity index (χ2n) is 3.77. The monoisotopic (exact) mass is 246 g/mol. The fourth-order valence-electron chi connectivity index (χ4n) is 1.54. The van der Waals surface area contributed by atoms with Crippen LogP contribution < -0.4 is 5.56 Å². The first-order valence-corrected chi connectivity index (χ1v) is 5.48. The van der Waals surface area contributed by atoms with Crippen molar-refractivity contribution in [3.63, 3.8) is 0 Å². The lowest BCUT2D eigenvalue weighted by Gasteiger charge is -2.03. The van der Waals surface area contributed by atoms with E-state index in [1.807, 2.05) is 0 Å². The molecule has 0 unspecified atom stereocenters. The molecule has 1 aromatic heterocycles. The molecule has 18 heavy (non-hydrogen) atoms. The van der Waals surface area contributed by atoms with Crippen LogP contribution in [0.3, 0.4) is 0 Å². The summed E-state index contributed by atoms with van der Waals surface area (Å²) < 4.78 is 13.9. The molecule has 0 aliphatic rings. The van der Waals surface area contributed by atoms with Gasteiger partial charge in [-0.25, -0.2) is 9.07 Å². The van der Waals surface area contributed by atoms with Gasteiger partial charge in [-0.1, -0.05) is 0 Å². The van der Waals surface area contributed by atoms with Gasteiger partial charge < -0.3 is 0 Å². The summed E-state index contributed by atoms with van der Waals surface area (Å²) in [5, 5.41) is 3.85. The lowest BCUT2D eigenvalue weighted by Crippen LogP contribution is -2.22. The van der Waals surface area contributed by atoms with Crippen LogP contribution in [0, 0.1) is 5.82 Å². The quantitative estimate of drug-likeness (QED) is 0.771. The summed E-state index contributed by atoms with van der Waals surface area (Å²) in [5.41, 5.74) is 0.185. The highest BCUT2D eigenvalue weighted by Crippen LogP contribution is 2.06. The molecule has 0 amide bonds. The van der Waals surface area contributed by atoms with E-state index in [9.17, 15) is 14.0 Å². The van der Waals surface area contributed by atoms with Crippen LogP contribution in [-0.2, 0) is 6.54 Å². The van der Waals surface area contributed by atoms with Gasteiger partial charge in [0.2, 0.25) is 0 Å². The molecule has 0 atom stereocenters. The molecule has 0 aliphatic carbocycles. The largest absolute Gasteiger partial charge is 0.294 e. The van der Waals surface area contributed by atoms with Crippen molar-refractivity contribution in [2.45, 2.75) is 13.0 Å². The van der Waals surface area contributed by atoms with Crippen LogP contribution in [0.2, 0.25) is 0 Å². The summed E-state index contributed by atoms with van der Waals surface area (Å²) >= 11 is 0. The Labute approximate surface area is 103 Å². The predicted molar refractivity (Wildman–Crippen MR) is 63.8 cm³/mol. The topological polar surface area (TPSA) is 52.0 Å². The van der Waals surface area contributed by atoms with Crippen LogP contribution in [0.15, 0.2) is 47.4 Å². The minimum absolute atomic E-state index is 0.146. The summed E-state index contributed by atoms with van der Waals surface area (Å²) in [6.07, 6.45) is 1.65. The number of rotatable bonds is 4. The summed E-state index contributed by atoms with van der Waals surface area (Å²) in [4.78, 5) is 23.1. The van der Waals surface area contributed by atoms with Crippen molar-refractivity contribution in [3.8, 4) is 0 Å². The Bertz CT molecular complexity index is 605. The SMILES string of the molecule is O=C(CCn1ncccc1=O)c1ccc(F)cc1. The van der Waals surface area contributed by atoms with E-state index in [-0.39, 0.29) is 30.1 Å². The van der Waals surface area contributed by atoms with Gasteiger partial charge in [-0.3, -0.25) is 9.59 Å².